The molecule has 0 atom stereocenters. The van der Waals surface area contributed by atoms with E-state index in [1.165, 1.54) is 6.07 Å². The number of nitrogens with zero attached hydrogens (tertiary/aromatic N) is 1. The Balaban J connectivity index is 2.09. The Morgan fingerprint density at radius 2 is 2.16 bits per heavy atom. The molecule has 1 saturated heterocycles. The Bertz CT molecular complexity index is 478. The van der Waals surface area contributed by atoms with Gasteiger partial charge in [-0.1, -0.05) is 0 Å². The van der Waals surface area contributed by atoms with E-state index in [0.29, 0.717) is 25.7 Å². The van der Waals surface area contributed by atoms with E-state index in [0.717, 1.165) is 18.9 Å². The molecule has 1 heterocycles. The van der Waals surface area contributed by atoms with E-state index in [-0.39, 0.29) is 15.8 Å². The number of hydrogen-bond donors (Lipinski definition) is 1. The zero-order chi connectivity index (χ0) is 13.8. The molecule has 1 aromatic rings. The molecule has 0 unspecified atom stereocenters. The third-order valence-electron chi connectivity index (χ3n) is 3.16. The smallest absolute Gasteiger partial charge is 0.293 e. The van der Waals surface area contributed by atoms with Crippen molar-refractivity contribution >= 4 is 27.3 Å². The van der Waals surface area contributed by atoms with E-state index in [2.05, 4.69) is 21.2 Å². The van der Waals surface area contributed by atoms with Crippen LogP contribution in [0.5, 0.6) is 0 Å². The van der Waals surface area contributed by atoms with Gasteiger partial charge in [0.15, 0.2) is 0 Å². The lowest BCUT2D eigenvalue weighted by Crippen LogP contribution is -2.22. The number of halogens is 2. The number of nitrogens with one attached hydrogen (secondary N) is 1. The number of hydrogen-bond acceptors (Lipinski definition) is 4. The molecule has 1 N–H and O–H groups in total. The number of nitro groups is 1. The summed E-state index contributed by atoms with van der Waals surface area (Å²) in [4.78, 5) is 10.4. The van der Waals surface area contributed by atoms with Crippen LogP contribution in [-0.2, 0) is 4.74 Å². The van der Waals surface area contributed by atoms with Crippen LogP contribution in [0.1, 0.15) is 12.8 Å². The first kappa shape index (κ1) is 14.2. The zero-order valence-corrected chi connectivity index (χ0v) is 11.8. The molecule has 0 aromatic heterocycles. The van der Waals surface area contributed by atoms with Crippen molar-refractivity contribution < 1.29 is 14.1 Å². The van der Waals surface area contributed by atoms with Crippen LogP contribution in [-0.4, -0.2) is 24.7 Å². The van der Waals surface area contributed by atoms with Crippen LogP contribution in [0, 0.1) is 21.8 Å². The standard InChI is InChI=1S/C12H14BrFN2O3/c13-9-5-12(16(17)18)11(6-10(9)14)15-7-8-1-3-19-4-2-8/h5-6,8,15H,1-4,7H2. The maximum atomic E-state index is 13.5. The minimum atomic E-state index is -0.517. The van der Waals surface area contributed by atoms with Gasteiger partial charge >= 0.3 is 0 Å². The van der Waals surface area contributed by atoms with E-state index in [4.69, 9.17) is 4.74 Å². The normalized spacial score (nSPS) is 16.3. The Morgan fingerprint density at radius 3 is 2.79 bits per heavy atom. The van der Waals surface area contributed by atoms with Gasteiger partial charge in [0.1, 0.15) is 11.5 Å². The minimum absolute atomic E-state index is 0.0933. The third-order valence-corrected chi connectivity index (χ3v) is 3.77. The summed E-state index contributed by atoms with van der Waals surface area (Å²) in [6.45, 7) is 2.01. The molecule has 1 aliphatic rings. The van der Waals surface area contributed by atoms with Gasteiger partial charge in [0.2, 0.25) is 0 Å². The summed E-state index contributed by atoms with van der Waals surface area (Å²) in [6.07, 6.45) is 1.83. The van der Waals surface area contributed by atoms with Crippen molar-refractivity contribution in [1.29, 1.82) is 0 Å². The first-order chi connectivity index (χ1) is 9.08. The fourth-order valence-electron chi connectivity index (χ4n) is 2.03. The Morgan fingerprint density at radius 1 is 1.47 bits per heavy atom. The molecule has 0 amide bonds. The average Bonchev–Trinajstić information content (AvgIpc) is 2.40. The summed E-state index contributed by atoms with van der Waals surface area (Å²) in [7, 11) is 0. The summed E-state index contributed by atoms with van der Waals surface area (Å²) in [5.74, 6) is -0.111. The number of rotatable bonds is 4. The number of benzene rings is 1. The Labute approximate surface area is 118 Å². The van der Waals surface area contributed by atoms with Gasteiger partial charge in [0, 0.05) is 31.9 Å². The van der Waals surface area contributed by atoms with Crippen LogP contribution in [0.25, 0.3) is 0 Å². The average molecular weight is 333 g/mol. The fraction of sp³-hybridized carbons (Fsp3) is 0.500. The van der Waals surface area contributed by atoms with E-state index in [1.54, 1.807) is 0 Å². The topological polar surface area (TPSA) is 64.4 Å². The van der Waals surface area contributed by atoms with Gasteiger partial charge in [0.25, 0.3) is 5.69 Å². The third kappa shape index (κ3) is 3.63. The maximum absolute atomic E-state index is 13.5. The van der Waals surface area contributed by atoms with Crippen molar-refractivity contribution in [3.05, 3.63) is 32.5 Å². The molecule has 5 nitrogen and oxygen atoms in total. The van der Waals surface area contributed by atoms with Crippen LogP contribution < -0.4 is 5.32 Å². The van der Waals surface area contributed by atoms with Crippen LogP contribution in [0.4, 0.5) is 15.8 Å². The monoisotopic (exact) mass is 332 g/mol. The van der Waals surface area contributed by atoms with E-state index in [1.807, 2.05) is 0 Å². The molecule has 0 radical (unpaired) electrons. The lowest BCUT2D eigenvalue weighted by Gasteiger charge is -2.22. The van der Waals surface area contributed by atoms with Gasteiger partial charge in [-0.3, -0.25) is 10.1 Å². The molecule has 0 spiro atoms. The Kier molecular flexibility index (Phi) is 4.71. The molecule has 19 heavy (non-hydrogen) atoms. The van der Waals surface area contributed by atoms with Crippen LogP contribution >= 0.6 is 15.9 Å². The maximum Gasteiger partial charge on any atom is 0.293 e. The molecule has 1 fully saturated rings. The molecular formula is C12H14BrFN2O3. The molecule has 2 rings (SSSR count). The highest BCUT2D eigenvalue weighted by Gasteiger charge is 2.19. The van der Waals surface area contributed by atoms with Crippen LogP contribution in [0.2, 0.25) is 0 Å². The minimum Gasteiger partial charge on any atom is -0.381 e. The quantitative estimate of drug-likeness (QED) is 0.678. The van der Waals surface area contributed by atoms with Crippen molar-refractivity contribution in [2.75, 3.05) is 25.1 Å². The summed E-state index contributed by atoms with van der Waals surface area (Å²) >= 11 is 2.95. The second-order valence-corrected chi connectivity index (χ2v) is 5.33. The molecule has 104 valence electrons. The van der Waals surface area contributed by atoms with Gasteiger partial charge in [-0.25, -0.2) is 4.39 Å². The van der Waals surface area contributed by atoms with Gasteiger partial charge in [0.05, 0.1) is 9.40 Å². The van der Waals surface area contributed by atoms with Crippen LogP contribution in [0.15, 0.2) is 16.6 Å². The second-order valence-electron chi connectivity index (χ2n) is 4.48. The first-order valence-electron chi connectivity index (χ1n) is 6.03. The first-order valence-corrected chi connectivity index (χ1v) is 6.82. The van der Waals surface area contributed by atoms with Crippen LogP contribution in [0.3, 0.4) is 0 Å². The van der Waals surface area contributed by atoms with E-state index in [9.17, 15) is 14.5 Å². The number of nitro benzene ring substituents is 1. The zero-order valence-electron chi connectivity index (χ0n) is 10.2. The van der Waals surface area contributed by atoms with Crippen molar-refractivity contribution in [3.63, 3.8) is 0 Å². The van der Waals surface area contributed by atoms with Gasteiger partial charge < -0.3 is 10.1 Å². The highest BCUT2D eigenvalue weighted by atomic mass is 79.9. The predicted molar refractivity (Wildman–Crippen MR) is 72.8 cm³/mol. The van der Waals surface area contributed by atoms with Gasteiger partial charge in [-0.05, 0) is 34.7 Å². The molecule has 1 aromatic carbocycles. The highest BCUT2D eigenvalue weighted by molar-refractivity contribution is 9.10. The molecule has 1 aliphatic heterocycles. The molecule has 0 saturated carbocycles. The summed E-state index contributed by atoms with van der Waals surface area (Å²) in [6, 6.07) is 2.34. The summed E-state index contributed by atoms with van der Waals surface area (Å²) in [5.41, 5.74) is 0.0949. The van der Waals surface area contributed by atoms with Gasteiger partial charge in [-0.2, -0.15) is 0 Å². The fourth-order valence-corrected chi connectivity index (χ4v) is 2.37. The highest BCUT2D eigenvalue weighted by Crippen LogP contribution is 2.31. The number of anilines is 1. The van der Waals surface area contributed by atoms with Crippen molar-refractivity contribution in [2.45, 2.75) is 12.8 Å². The SMILES string of the molecule is O=[N+]([O-])c1cc(Br)c(F)cc1NCC1CCOCC1. The largest absolute Gasteiger partial charge is 0.381 e. The van der Waals surface area contributed by atoms with E-state index < -0.39 is 10.7 Å². The van der Waals surface area contributed by atoms with Crippen molar-refractivity contribution in [1.82, 2.24) is 0 Å². The molecule has 0 aliphatic carbocycles. The molecule has 0 bridgehead atoms. The molecule has 7 heteroatoms. The lowest BCUT2D eigenvalue weighted by atomic mass is 10.0. The summed E-state index contributed by atoms with van der Waals surface area (Å²) < 4.78 is 18.8. The van der Waals surface area contributed by atoms with Gasteiger partial charge in [-0.15, -0.1) is 0 Å². The summed E-state index contributed by atoms with van der Waals surface area (Å²) in [5, 5.41) is 13.9. The van der Waals surface area contributed by atoms with E-state index >= 15 is 0 Å². The number of ether oxygens (including phenoxy) is 1. The van der Waals surface area contributed by atoms with Crippen molar-refractivity contribution in [2.24, 2.45) is 5.92 Å². The second kappa shape index (κ2) is 6.29. The predicted octanol–water partition coefficient (Wildman–Crippen LogP) is 3.33. The van der Waals surface area contributed by atoms with Crippen molar-refractivity contribution in [3.8, 4) is 0 Å². The lowest BCUT2D eigenvalue weighted by molar-refractivity contribution is -0.384. The Hall–Kier alpha value is -1.21. The molecular weight excluding hydrogens is 319 g/mol.